The van der Waals surface area contributed by atoms with Crippen LogP contribution in [0.4, 0.5) is 13.2 Å². The minimum Gasteiger partial charge on any atom is -0.451 e. The third-order valence-corrected chi connectivity index (χ3v) is 5.53. The monoisotopic (exact) mass is 461 g/mol. The first-order valence-electron chi connectivity index (χ1n) is 10.4. The van der Waals surface area contributed by atoms with Crippen LogP contribution in [0.25, 0.3) is 28.0 Å². The van der Waals surface area contributed by atoms with Crippen molar-refractivity contribution in [2.75, 3.05) is 0 Å². The van der Waals surface area contributed by atoms with E-state index in [2.05, 4.69) is 10.3 Å². The van der Waals surface area contributed by atoms with Crippen molar-refractivity contribution in [2.24, 2.45) is 0 Å². The number of hydrogen-bond acceptors (Lipinski definition) is 3. The summed E-state index contributed by atoms with van der Waals surface area (Å²) in [5.74, 6) is -0.276. The van der Waals surface area contributed by atoms with E-state index in [-0.39, 0.29) is 5.91 Å². The molecule has 0 saturated heterocycles. The van der Waals surface area contributed by atoms with Crippen LogP contribution in [-0.2, 0) is 12.7 Å². The fraction of sp³-hybridized carbons (Fsp3) is 0.0769. The maximum Gasteiger partial charge on any atom is 0.416 e. The van der Waals surface area contributed by atoms with Gasteiger partial charge in [-0.1, -0.05) is 48.5 Å². The van der Waals surface area contributed by atoms with E-state index in [1.165, 1.54) is 24.8 Å². The van der Waals surface area contributed by atoms with Crippen LogP contribution in [-0.4, -0.2) is 15.3 Å². The zero-order valence-corrected chi connectivity index (χ0v) is 17.7. The van der Waals surface area contributed by atoms with Crippen LogP contribution in [0.15, 0.2) is 96.1 Å². The van der Waals surface area contributed by atoms with Gasteiger partial charge in [0.15, 0.2) is 6.39 Å². The van der Waals surface area contributed by atoms with Crippen LogP contribution in [0.5, 0.6) is 0 Å². The molecule has 34 heavy (non-hydrogen) atoms. The molecule has 5 aromatic rings. The number of nitrogens with one attached hydrogen (secondary N) is 1. The third kappa shape index (κ3) is 4.17. The van der Waals surface area contributed by atoms with Gasteiger partial charge in [0.25, 0.3) is 5.91 Å². The van der Waals surface area contributed by atoms with Crippen molar-refractivity contribution in [3.05, 3.63) is 108 Å². The number of nitrogens with zero attached hydrogens (tertiary/aromatic N) is 2. The predicted octanol–water partition coefficient (Wildman–Crippen LogP) is 6.21. The Morgan fingerprint density at radius 1 is 0.971 bits per heavy atom. The molecule has 3 aromatic heterocycles. The van der Waals surface area contributed by atoms with E-state index in [4.69, 9.17) is 4.42 Å². The fourth-order valence-electron chi connectivity index (χ4n) is 3.83. The third-order valence-electron chi connectivity index (χ3n) is 5.53. The number of carbonyl (C=O) groups excluding carboxylic acids is 1. The SMILES string of the molecule is O=C(NCc1ccccc1)c1cc2ccc(-c3ccc(C(F)(F)F)cc3)cn2c1-c1cocn1. The molecule has 3 heterocycles. The second kappa shape index (κ2) is 8.55. The number of benzene rings is 2. The van der Waals surface area contributed by atoms with Gasteiger partial charge in [0, 0.05) is 18.3 Å². The molecule has 0 radical (unpaired) electrons. The van der Waals surface area contributed by atoms with Crippen molar-refractivity contribution in [3.8, 4) is 22.5 Å². The largest absolute Gasteiger partial charge is 0.451 e. The number of carbonyl (C=O) groups is 1. The number of pyridine rings is 1. The lowest BCUT2D eigenvalue weighted by Gasteiger charge is -2.09. The zero-order chi connectivity index (χ0) is 23.7. The molecular weight excluding hydrogens is 443 g/mol. The second-order valence-electron chi connectivity index (χ2n) is 7.74. The Labute approximate surface area is 192 Å². The van der Waals surface area contributed by atoms with Gasteiger partial charge < -0.3 is 14.1 Å². The summed E-state index contributed by atoms with van der Waals surface area (Å²) >= 11 is 0. The molecule has 0 aliphatic rings. The van der Waals surface area contributed by atoms with Gasteiger partial charge in [0.05, 0.1) is 16.8 Å². The molecule has 0 aliphatic heterocycles. The van der Waals surface area contributed by atoms with Crippen molar-refractivity contribution in [1.29, 1.82) is 0 Å². The van der Waals surface area contributed by atoms with Crippen molar-refractivity contribution in [2.45, 2.75) is 12.7 Å². The fourth-order valence-corrected chi connectivity index (χ4v) is 3.83. The Bertz CT molecular complexity index is 1440. The zero-order valence-electron chi connectivity index (χ0n) is 17.7. The molecule has 0 fully saturated rings. The first-order valence-corrected chi connectivity index (χ1v) is 10.4. The van der Waals surface area contributed by atoms with Crippen LogP contribution in [0, 0.1) is 0 Å². The van der Waals surface area contributed by atoms with Crippen molar-refractivity contribution in [1.82, 2.24) is 14.7 Å². The molecule has 2 aromatic carbocycles. The molecule has 170 valence electrons. The molecule has 1 N–H and O–H groups in total. The smallest absolute Gasteiger partial charge is 0.416 e. The number of hydrogen-bond donors (Lipinski definition) is 1. The summed E-state index contributed by atoms with van der Waals surface area (Å²) in [6.07, 6.45) is 0.0988. The Morgan fingerprint density at radius 2 is 1.71 bits per heavy atom. The van der Waals surface area contributed by atoms with Crippen LogP contribution < -0.4 is 5.32 Å². The normalized spacial score (nSPS) is 11.6. The number of amides is 1. The molecule has 0 bridgehead atoms. The molecule has 5 nitrogen and oxygen atoms in total. The molecule has 1 amide bonds. The second-order valence-corrected chi connectivity index (χ2v) is 7.74. The van der Waals surface area contributed by atoms with E-state index in [9.17, 15) is 18.0 Å². The molecule has 0 unspecified atom stereocenters. The summed E-state index contributed by atoms with van der Waals surface area (Å²) in [6, 6.07) is 19.9. The molecule has 5 rings (SSSR count). The van der Waals surface area contributed by atoms with Gasteiger partial charge in [-0.05, 0) is 41.0 Å². The highest BCUT2D eigenvalue weighted by atomic mass is 19.4. The quantitative estimate of drug-likeness (QED) is 0.339. The molecule has 8 heteroatoms. The van der Waals surface area contributed by atoms with Crippen LogP contribution in [0.1, 0.15) is 21.5 Å². The van der Waals surface area contributed by atoms with E-state index < -0.39 is 11.7 Å². The number of alkyl halides is 3. The van der Waals surface area contributed by atoms with Crippen LogP contribution in [0.3, 0.4) is 0 Å². The maximum atomic E-state index is 13.1. The van der Waals surface area contributed by atoms with Gasteiger partial charge in [0.2, 0.25) is 0 Å². The van der Waals surface area contributed by atoms with Crippen molar-refractivity contribution >= 4 is 11.4 Å². The lowest BCUT2D eigenvalue weighted by Crippen LogP contribution is -2.23. The van der Waals surface area contributed by atoms with Gasteiger partial charge in [-0.25, -0.2) is 4.98 Å². The molecule has 0 spiro atoms. The van der Waals surface area contributed by atoms with E-state index in [1.54, 1.807) is 22.7 Å². The average Bonchev–Trinajstić information content (AvgIpc) is 3.50. The maximum absolute atomic E-state index is 13.1. The van der Waals surface area contributed by atoms with Crippen LogP contribution in [0.2, 0.25) is 0 Å². The number of oxazole rings is 1. The topological polar surface area (TPSA) is 59.5 Å². The van der Waals surface area contributed by atoms with Gasteiger partial charge in [-0.15, -0.1) is 0 Å². The van der Waals surface area contributed by atoms with Gasteiger partial charge in [-0.3, -0.25) is 4.79 Å². The number of halogens is 3. The lowest BCUT2D eigenvalue weighted by molar-refractivity contribution is -0.137. The standard InChI is InChI=1S/C26H18F3N3O2/c27-26(28,29)20-9-6-18(7-10-20)19-8-11-21-12-22(24(32(21)14-19)23-15-34-16-31-23)25(33)30-13-17-4-2-1-3-5-17/h1-12,14-16H,13H2,(H,30,33). The summed E-state index contributed by atoms with van der Waals surface area (Å²) in [6.45, 7) is 0.362. The van der Waals surface area contributed by atoms with Gasteiger partial charge >= 0.3 is 6.18 Å². The lowest BCUT2D eigenvalue weighted by atomic mass is 10.1. The van der Waals surface area contributed by atoms with E-state index in [0.29, 0.717) is 34.6 Å². The predicted molar refractivity (Wildman–Crippen MR) is 121 cm³/mol. The Morgan fingerprint density at radius 3 is 2.38 bits per heavy atom. The summed E-state index contributed by atoms with van der Waals surface area (Å²) in [7, 11) is 0. The minimum atomic E-state index is -4.40. The highest BCUT2D eigenvalue weighted by Gasteiger charge is 2.30. The number of aromatic nitrogens is 2. The Kier molecular flexibility index (Phi) is 5.41. The highest BCUT2D eigenvalue weighted by Crippen LogP contribution is 2.32. The first kappa shape index (κ1) is 21.5. The van der Waals surface area contributed by atoms with Gasteiger partial charge in [0.1, 0.15) is 12.0 Å². The number of rotatable bonds is 5. The summed E-state index contributed by atoms with van der Waals surface area (Å²) in [4.78, 5) is 17.3. The molecular formula is C26H18F3N3O2. The Balaban J connectivity index is 1.54. The summed E-state index contributed by atoms with van der Waals surface area (Å²) in [5, 5.41) is 2.93. The minimum absolute atomic E-state index is 0.276. The van der Waals surface area contributed by atoms with Crippen LogP contribution >= 0.6 is 0 Å². The van der Waals surface area contributed by atoms with Crippen molar-refractivity contribution < 1.29 is 22.4 Å². The number of fused-ring (bicyclic) bond motifs is 1. The Hall–Kier alpha value is -4.33. The average molecular weight is 461 g/mol. The summed E-state index contributed by atoms with van der Waals surface area (Å²) in [5.41, 5.74) is 3.71. The highest BCUT2D eigenvalue weighted by molar-refractivity contribution is 6.02. The van der Waals surface area contributed by atoms with Crippen molar-refractivity contribution in [3.63, 3.8) is 0 Å². The molecule has 0 atom stereocenters. The van der Waals surface area contributed by atoms with E-state index >= 15 is 0 Å². The van der Waals surface area contributed by atoms with E-state index in [0.717, 1.165) is 23.2 Å². The van der Waals surface area contributed by atoms with E-state index in [1.807, 2.05) is 36.4 Å². The molecule has 0 aliphatic carbocycles. The summed E-state index contributed by atoms with van der Waals surface area (Å²) < 4.78 is 45.7. The van der Waals surface area contributed by atoms with Gasteiger partial charge in [-0.2, -0.15) is 13.2 Å². The molecule has 0 saturated carbocycles. The first-order chi connectivity index (χ1) is 16.4.